The highest BCUT2D eigenvalue weighted by molar-refractivity contribution is 5.73. The molecule has 2 rings (SSSR count). The molecule has 1 aromatic heterocycles. The standard InChI is InChI=1S/C13H15FN4O3/c1-13(2,12(19)20)7-18-11(15-16-17-18)8-4-5-9(14)10(6-8)21-3/h4-6H,7H2,1-3H3,(H,19,20). The van der Waals surface area contributed by atoms with Gasteiger partial charge in [-0.2, -0.15) is 0 Å². The van der Waals surface area contributed by atoms with E-state index in [1.807, 2.05) is 0 Å². The van der Waals surface area contributed by atoms with Gasteiger partial charge in [0.2, 0.25) is 0 Å². The summed E-state index contributed by atoms with van der Waals surface area (Å²) in [5, 5.41) is 20.4. The van der Waals surface area contributed by atoms with Crippen LogP contribution >= 0.6 is 0 Å². The second kappa shape index (κ2) is 5.47. The predicted octanol–water partition coefficient (Wildman–Crippen LogP) is 1.60. The van der Waals surface area contributed by atoms with Crippen LogP contribution in [0.3, 0.4) is 0 Å². The van der Waals surface area contributed by atoms with Crippen LogP contribution in [0, 0.1) is 11.2 Å². The van der Waals surface area contributed by atoms with Gasteiger partial charge in [0.15, 0.2) is 17.4 Å². The number of carboxylic acid groups (broad SMARTS) is 1. The Bertz CT molecular complexity index is 669. The minimum absolute atomic E-state index is 0.0690. The van der Waals surface area contributed by atoms with Crippen LogP contribution in [-0.2, 0) is 11.3 Å². The monoisotopic (exact) mass is 294 g/mol. The summed E-state index contributed by atoms with van der Waals surface area (Å²) in [4.78, 5) is 11.2. The Morgan fingerprint density at radius 2 is 2.19 bits per heavy atom. The molecule has 0 aliphatic heterocycles. The van der Waals surface area contributed by atoms with E-state index in [1.165, 1.54) is 30.0 Å². The smallest absolute Gasteiger partial charge is 0.310 e. The summed E-state index contributed by atoms with van der Waals surface area (Å²) in [7, 11) is 1.36. The van der Waals surface area contributed by atoms with Crippen molar-refractivity contribution < 1.29 is 19.0 Å². The molecule has 1 aromatic carbocycles. The minimum Gasteiger partial charge on any atom is -0.494 e. The average molecular weight is 294 g/mol. The summed E-state index contributed by atoms with van der Waals surface area (Å²) in [6, 6.07) is 4.22. The molecule has 21 heavy (non-hydrogen) atoms. The van der Waals surface area contributed by atoms with Gasteiger partial charge < -0.3 is 9.84 Å². The van der Waals surface area contributed by atoms with Crippen LogP contribution in [0.25, 0.3) is 11.4 Å². The number of ether oxygens (including phenoxy) is 1. The predicted molar refractivity (Wildman–Crippen MR) is 71.2 cm³/mol. The van der Waals surface area contributed by atoms with E-state index in [2.05, 4.69) is 15.5 Å². The molecule has 0 fully saturated rings. The second-order valence-corrected chi connectivity index (χ2v) is 5.20. The molecule has 0 atom stereocenters. The Labute approximate surface area is 120 Å². The lowest BCUT2D eigenvalue weighted by Gasteiger charge is -2.19. The van der Waals surface area contributed by atoms with Crippen molar-refractivity contribution in [3.05, 3.63) is 24.0 Å². The van der Waals surface area contributed by atoms with Crippen LogP contribution in [-0.4, -0.2) is 38.4 Å². The molecule has 2 aromatic rings. The number of carbonyl (C=O) groups is 1. The molecule has 8 heteroatoms. The van der Waals surface area contributed by atoms with Crippen molar-refractivity contribution in [1.82, 2.24) is 20.2 Å². The number of hydrogen-bond acceptors (Lipinski definition) is 5. The Morgan fingerprint density at radius 3 is 2.81 bits per heavy atom. The number of carboxylic acids is 1. The Kier molecular flexibility index (Phi) is 3.88. The molecule has 0 spiro atoms. The van der Waals surface area contributed by atoms with Crippen molar-refractivity contribution >= 4 is 5.97 Å². The van der Waals surface area contributed by atoms with Gasteiger partial charge in [-0.1, -0.05) is 0 Å². The van der Waals surface area contributed by atoms with E-state index in [1.54, 1.807) is 13.8 Å². The molecule has 1 N–H and O–H groups in total. The lowest BCUT2D eigenvalue weighted by atomic mass is 9.94. The second-order valence-electron chi connectivity index (χ2n) is 5.20. The number of hydrogen-bond donors (Lipinski definition) is 1. The van der Waals surface area contributed by atoms with Crippen molar-refractivity contribution in [2.75, 3.05) is 7.11 Å². The van der Waals surface area contributed by atoms with Crippen molar-refractivity contribution in [2.24, 2.45) is 5.41 Å². The quantitative estimate of drug-likeness (QED) is 0.900. The number of methoxy groups -OCH3 is 1. The van der Waals surface area contributed by atoms with Gasteiger partial charge in [0.25, 0.3) is 0 Å². The number of aliphatic carboxylic acids is 1. The highest BCUT2D eigenvalue weighted by Gasteiger charge is 2.29. The van der Waals surface area contributed by atoms with Crippen LogP contribution in [0.2, 0.25) is 0 Å². The van der Waals surface area contributed by atoms with E-state index in [-0.39, 0.29) is 12.3 Å². The van der Waals surface area contributed by atoms with Crippen LogP contribution in [0.1, 0.15) is 13.8 Å². The molecule has 0 saturated heterocycles. The Balaban J connectivity index is 2.39. The van der Waals surface area contributed by atoms with E-state index >= 15 is 0 Å². The molecule has 0 bridgehead atoms. The molecule has 0 radical (unpaired) electrons. The number of nitrogens with zero attached hydrogens (tertiary/aromatic N) is 4. The largest absolute Gasteiger partial charge is 0.494 e. The van der Waals surface area contributed by atoms with E-state index < -0.39 is 17.2 Å². The van der Waals surface area contributed by atoms with E-state index in [0.717, 1.165) is 0 Å². The third-order valence-electron chi connectivity index (χ3n) is 3.07. The lowest BCUT2D eigenvalue weighted by Crippen LogP contribution is -2.30. The molecule has 112 valence electrons. The van der Waals surface area contributed by atoms with Gasteiger partial charge in [-0.3, -0.25) is 4.79 Å². The third kappa shape index (κ3) is 2.99. The van der Waals surface area contributed by atoms with Gasteiger partial charge in [-0.25, -0.2) is 9.07 Å². The first-order valence-corrected chi connectivity index (χ1v) is 6.18. The maximum Gasteiger partial charge on any atom is 0.310 e. The summed E-state index contributed by atoms with van der Waals surface area (Å²) < 4.78 is 19.7. The fraction of sp³-hybridized carbons (Fsp3) is 0.385. The Hall–Kier alpha value is -2.51. The van der Waals surface area contributed by atoms with Gasteiger partial charge in [0, 0.05) is 5.56 Å². The minimum atomic E-state index is -1.03. The van der Waals surface area contributed by atoms with Crippen LogP contribution in [0.4, 0.5) is 4.39 Å². The molecule has 0 aliphatic rings. The number of benzene rings is 1. The molecule has 1 heterocycles. The summed E-state index contributed by atoms with van der Waals surface area (Å²) in [6.45, 7) is 3.24. The van der Waals surface area contributed by atoms with Crippen LogP contribution in [0.5, 0.6) is 5.75 Å². The first-order chi connectivity index (χ1) is 9.85. The molecular formula is C13H15FN4O3. The van der Waals surface area contributed by atoms with Crippen LogP contribution in [0.15, 0.2) is 18.2 Å². The zero-order valence-electron chi connectivity index (χ0n) is 11.9. The number of halogens is 1. The summed E-state index contributed by atoms with van der Waals surface area (Å²) >= 11 is 0. The van der Waals surface area contributed by atoms with E-state index in [9.17, 15) is 9.18 Å². The van der Waals surface area contributed by atoms with Gasteiger partial charge >= 0.3 is 5.97 Å². The zero-order chi connectivity index (χ0) is 15.6. The average Bonchev–Trinajstić information content (AvgIpc) is 2.86. The maximum absolute atomic E-state index is 13.4. The summed E-state index contributed by atoms with van der Waals surface area (Å²) in [5.41, 5.74) is -0.492. The van der Waals surface area contributed by atoms with Gasteiger partial charge in [0.05, 0.1) is 19.1 Å². The molecule has 0 unspecified atom stereocenters. The normalized spacial score (nSPS) is 11.4. The van der Waals surface area contributed by atoms with E-state index in [4.69, 9.17) is 9.84 Å². The number of aromatic nitrogens is 4. The van der Waals surface area contributed by atoms with Crippen molar-refractivity contribution in [1.29, 1.82) is 0 Å². The topological polar surface area (TPSA) is 90.1 Å². The van der Waals surface area contributed by atoms with Gasteiger partial charge in [-0.15, -0.1) is 5.10 Å². The SMILES string of the molecule is COc1cc(-c2nnnn2CC(C)(C)C(=O)O)ccc1F. The Morgan fingerprint density at radius 1 is 1.48 bits per heavy atom. The van der Waals surface area contributed by atoms with Crippen molar-refractivity contribution in [3.63, 3.8) is 0 Å². The number of tetrazole rings is 1. The third-order valence-corrected chi connectivity index (χ3v) is 3.07. The van der Waals surface area contributed by atoms with Crippen LogP contribution < -0.4 is 4.74 Å². The highest BCUT2D eigenvalue weighted by atomic mass is 19.1. The van der Waals surface area contributed by atoms with E-state index in [0.29, 0.717) is 11.4 Å². The first kappa shape index (κ1) is 14.9. The zero-order valence-corrected chi connectivity index (χ0v) is 11.9. The fourth-order valence-electron chi connectivity index (χ4n) is 1.76. The molecule has 0 saturated carbocycles. The summed E-state index contributed by atoms with van der Waals surface area (Å²) in [6.07, 6.45) is 0. The maximum atomic E-state index is 13.4. The number of rotatable bonds is 5. The highest BCUT2D eigenvalue weighted by Crippen LogP contribution is 2.26. The molecule has 0 amide bonds. The van der Waals surface area contributed by atoms with Crippen molar-refractivity contribution in [3.8, 4) is 17.1 Å². The summed E-state index contributed by atoms with van der Waals surface area (Å²) in [5.74, 6) is -1.03. The fourth-order valence-corrected chi connectivity index (χ4v) is 1.76. The molecular weight excluding hydrogens is 279 g/mol. The van der Waals surface area contributed by atoms with Gasteiger partial charge in [0.1, 0.15) is 0 Å². The van der Waals surface area contributed by atoms with Gasteiger partial charge in [-0.05, 0) is 42.5 Å². The first-order valence-electron chi connectivity index (χ1n) is 6.18. The van der Waals surface area contributed by atoms with Crippen molar-refractivity contribution in [2.45, 2.75) is 20.4 Å². The molecule has 0 aliphatic carbocycles. The lowest BCUT2D eigenvalue weighted by molar-refractivity contribution is -0.147. The molecule has 7 nitrogen and oxygen atoms in total.